The number of nitrogens with zero attached hydrogens (tertiary/aromatic N) is 3. The van der Waals surface area contributed by atoms with Crippen molar-refractivity contribution in [2.24, 2.45) is 0 Å². The molecule has 0 bridgehead atoms. The largest absolute Gasteiger partial charge is 0.492 e. The van der Waals surface area contributed by atoms with Gasteiger partial charge in [-0.05, 0) is 62.1 Å². The molecule has 1 aliphatic carbocycles. The van der Waals surface area contributed by atoms with Crippen LogP contribution in [0.15, 0.2) is 42.5 Å². The molecule has 1 aromatic heterocycles. The van der Waals surface area contributed by atoms with E-state index in [1.54, 1.807) is 0 Å². The molecule has 1 saturated carbocycles. The Labute approximate surface area is 184 Å². The number of aromatic nitrogens is 2. The molecular formula is C26H31N3O2. The topological polar surface area (TPSA) is 47.4 Å². The molecule has 1 amide bonds. The van der Waals surface area contributed by atoms with Gasteiger partial charge in [0.2, 0.25) is 5.91 Å². The molecule has 1 saturated heterocycles. The van der Waals surface area contributed by atoms with Crippen LogP contribution >= 0.6 is 0 Å². The fourth-order valence-corrected chi connectivity index (χ4v) is 5.39. The quantitative estimate of drug-likeness (QED) is 0.568. The van der Waals surface area contributed by atoms with Crippen LogP contribution in [0.5, 0.6) is 5.75 Å². The van der Waals surface area contributed by atoms with E-state index in [1.807, 2.05) is 6.07 Å². The van der Waals surface area contributed by atoms with Crippen molar-refractivity contribution in [3.63, 3.8) is 0 Å². The zero-order chi connectivity index (χ0) is 21.4. The number of carbonyl (C=O) groups is 1. The maximum atomic E-state index is 12.8. The minimum atomic E-state index is 0.154. The highest BCUT2D eigenvalue weighted by atomic mass is 16.5. The molecule has 2 aromatic carbocycles. The van der Waals surface area contributed by atoms with Gasteiger partial charge in [-0.15, -0.1) is 0 Å². The Kier molecular flexibility index (Phi) is 5.43. The highest BCUT2D eigenvalue weighted by Crippen LogP contribution is 2.35. The van der Waals surface area contributed by atoms with Crippen molar-refractivity contribution >= 4 is 16.9 Å². The fraction of sp³-hybridized carbons (Fsp3) is 0.462. The summed E-state index contributed by atoms with van der Waals surface area (Å²) in [5.41, 5.74) is 4.53. The van der Waals surface area contributed by atoms with E-state index in [4.69, 9.17) is 9.72 Å². The maximum Gasteiger partial charge on any atom is 0.223 e. The molecule has 5 rings (SSSR count). The highest BCUT2D eigenvalue weighted by molar-refractivity contribution is 5.81. The number of carbonyl (C=O) groups excluding carboxylic acids is 1. The average molecular weight is 418 g/mol. The van der Waals surface area contributed by atoms with E-state index in [0.717, 1.165) is 48.5 Å². The van der Waals surface area contributed by atoms with E-state index in [2.05, 4.69) is 59.7 Å². The monoisotopic (exact) mass is 417 g/mol. The Morgan fingerprint density at radius 3 is 2.58 bits per heavy atom. The number of hydrogen-bond donors (Lipinski definition) is 0. The molecule has 31 heavy (non-hydrogen) atoms. The summed E-state index contributed by atoms with van der Waals surface area (Å²) in [7, 11) is 0. The predicted molar refractivity (Wildman–Crippen MR) is 122 cm³/mol. The number of rotatable bonds is 6. The summed E-state index contributed by atoms with van der Waals surface area (Å²) in [6.07, 6.45) is 5.36. The van der Waals surface area contributed by atoms with Crippen molar-refractivity contribution in [3.8, 4) is 5.75 Å². The van der Waals surface area contributed by atoms with Gasteiger partial charge in [0, 0.05) is 24.9 Å². The molecule has 2 heterocycles. The van der Waals surface area contributed by atoms with Crippen LogP contribution in [0, 0.1) is 13.8 Å². The summed E-state index contributed by atoms with van der Waals surface area (Å²) in [5.74, 6) is 2.38. The van der Waals surface area contributed by atoms with E-state index in [-0.39, 0.29) is 5.92 Å². The standard InChI is InChI=1S/C26H31N3O2/c1-18-13-19(2)15-22(14-18)31-12-11-28-24-10-6-5-9-23(24)27-26(28)20-16-25(30)29(17-20)21-7-3-4-8-21/h5-6,9-10,13-15,20-21H,3-4,7-8,11-12,16-17H2,1-2H3. The van der Waals surface area contributed by atoms with Crippen molar-refractivity contribution in [2.75, 3.05) is 13.2 Å². The zero-order valence-corrected chi connectivity index (χ0v) is 18.5. The van der Waals surface area contributed by atoms with E-state index in [0.29, 0.717) is 25.0 Å². The molecule has 2 aliphatic rings. The maximum absolute atomic E-state index is 12.8. The third-order valence-corrected chi connectivity index (χ3v) is 6.75. The van der Waals surface area contributed by atoms with Crippen LogP contribution in [0.3, 0.4) is 0 Å². The summed E-state index contributed by atoms with van der Waals surface area (Å²) in [4.78, 5) is 19.9. The van der Waals surface area contributed by atoms with Crippen LogP contribution < -0.4 is 4.74 Å². The van der Waals surface area contributed by atoms with Crippen molar-refractivity contribution in [3.05, 3.63) is 59.4 Å². The number of aryl methyl sites for hydroxylation is 2. The van der Waals surface area contributed by atoms with Gasteiger partial charge in [0.05, 0.1) is 17.6 Å². The summed E-state index contributed by atoms with van der Waals surface area (Å²) in [6, 6.07) is 15.0. The van der Waals surface area contributed by atoms with Gasteiger partial charge in [0.1, 0.15) is 18.2 Å². The van der Waals surface area contributed by atoms with Gasteiger partial charge in [-0.3, -0.25) is 4.79 Å². The third kappa shape index (κ3) is 4.06. The van der Waals surface area contributed by atoms with Crippen molar-refractivity contribution in [1.29, 1.82) is 0 Å². The average Bonchev–Trinajstić information content (AvgIpc) is 3.46. The summed E-state index contributed by atoms with van der Waals surface area (Å²) < 4.78 is 8.38. The SMILES string of the molecule is Cc1cc(C)cc(OCCn2c(C3CC(=O)N(C4CCCC4)C3)nc3ccccc32)c1. The third-order valence-electron chi connectivity index (χ3n) is 6.75. The second-order valence-electron chi connectivity index (χ2n) is 9.17. The van der Waals surface area contributed by atoms with Crippen LogP contribution in [0.4, 0.5) is 0 Å². The van der Waals surface area contributed by atoms with E-state index >= 15 is 0 Å². The molecule has 5 nitrogen and oxygen atoms in total. The first-order chi connectivity index (χ1) is 15.1. The minimum Gasteiger partial charge on any atom is -0.492 e. The van der Waals surface area contributed by atoms with Gasteiger partial charge in [-0.1, -0.05) is 31.0 Å². The van der Waals surface area contributed by atoms with Gasteiger partial charge < -0.3 is 14.2 Å². The lowest BCUT2D eigenvalue weighted by Gasteiger charge is -2.24. The smallest absolute Gasteiger partial charge is 0.223 e. The van der Waals surface area contributed by atoms with Gasteiger partial charge in [0.25, 0.3) is 0 Å². The van der Waals surface area contributed by atoms with Crippen LogP contribution in [0.1, 0.15) is 55.0 Å². The van der Waals surface area contributed by atoms with E-state index in [9.17, 15) is 4.79 Å². The Bertz CT molecular complexity index is 1080. The molecule has 3 aromatic rings. The van der Waals surface area contributed by atoms with Crippen molar-refractivity contribution in [1.82, 2.24) is 14.5 Å². The lowest BCUT2D eigenvalue weighted by Crippen LogP contribution is -2.34. The fourth-order valence-electron chi connectivity index (χ4n) is 5.39. The number of likely N-dealkylation sites (tertiary alicyclic amines) is 1. The number of hydrogen-bond acceptors (Lipinski definition) is 3. The van der Waals surface area contributed by atoms with Gasteiger partial charge in [0.15, 0.2) is 0 Å². The Morgan fingerprint density at radius 2 is 1.81 bits per heavy atom. The van der Waals surface area contributed by atoms with E-state index < -0.39 is 0 Å². The molecule has 0 radical (unpaired) electrons. The lowest BCUT2D eigenvalue weighted by molar-refractivity contribution is -0.129. The Balaban J connectivity index is 1.37. The molecule has 0 N–H and O–H groups in total. The van der Waals surface area contributed by atoms with Crippen LogP contribution in [0.2, 0.25) is 0 Å². The van der Waals surface area contributed by atoms with Crippen molar-refractivity contribution in [2.45, 2.75) is 64.5 Å². The van der Waals surface area contributed by atoms with Gasteiger partial charge in [-0.25, -0.2) is 4.98 Å². The number of benzene rings is 2. The van der Waals surface area contributed by atoms with Gasteiger partial charge in [-0.2, -0.15) is 0 Å². The van der Waals surface area contributed by atoms with E-state index in [1.165, 1.54) is 24.0 Å². The minimum absolute atomic E-state index is 0.154. The number of fused-ring (bicyclic) bond motifs is 1. The molecule has 1 unspecified atom stereocenters. The first-order valence-electron chi connectivity index (χ1n) is 11.5. The second kappa shape index (κ2) is 8.37. The Morgan fingerprint density at radius 1 is 1.06 bits per heavy atom. The summed E-state index contributed by atoms with van der Waals surface area (Å²) in [6.45, 7) is 6.27. The number of amides is 1. The first-order valence-corrected chi connectivity index (χ1v) is 11.5. The van der Waals surface area contributed by atoms with Crippen LogP contribution in [-0.4, -0.2) is 39.6 Å². The molecule has 1 aliphatic heterocycles. The van der Waals surface area contributed by atoms with Crippen LogP contribution in [0.25, 0.3) is 11.0 Å². The lowest BCUT2D eigenvalue weighted by atomic mass is 10.1. The molecule has 162 valence electrons. The molecule has 5 heteroatoms. The summed E-state index contributed by atoms with van der Waals surface area (Å²) in [5, 5.41) is 0. The Hall–Kier alpha value is -2.82. The first kappa shape index (κ1) is 20.1. The molecule has 1 atom stereocenters. The second-order valence-corrected chi connectivity index (χ2v) is 9.17. The number of ether oxygens (including phenoxy) is 1. The number of para-hydroxylation sites is 2. The zero-order valence-electron chi connectivity index (χ0n) is 18.5. The normalized spacial score (nSPS) is 19.6. The van der Waals surface area contributed by atoms with Crippen molar-refractivity contribution < 1.29 is 9.53 Å². The molecular weight excluding hydrogens is 386 g/mol. The van der Waals surface area contributed by atoms with Gasteiger partial charge >= 0.3 is 0 Å². The number of imidazole rings is 1. The summed E-state index contributed by atoms with van der Waals surface area (Å²) >= 11 is 0. The van der Waals surface area contributed by atoms with Crippen LogP contribution in [-0.2, 0) is 11.3 Å². The highest BCUT2D eigenvalue weighted by Gasteiger charge is 2.38. The molecule has 0 spiro atoms. The predicted octanol–water partition coefficient (Wildman–Crippen LogP) is 4.99. The molecule has 2 fully saturated rings.